The fraction of sp³-hybridized carbons (Fsp3) is 0.533. The minimum atomic E-state index is 0.487. The summed E-state index contributed by atoms with van der Waals surface area (Å²) < 4.78 is 1.86. The van der Waals surface area contributed by atoms with Crippen LogP contribution in [-0.4, -0.2) is 38.0 Å². The van der Waals surface area contributed by atoms with E-state index in [0.717, 1.165) is 25.2 Å². The Morgan fingerprint density at radius 3 is 2.95 bits per heavy atom. The number of hydrogen-bond acceptors (Lipinski definition) is 5. The minimum absolute atomic E-state index is 0.487. The molecular weight excluding hydrogens is 264 g/mol. The number of piperidine rings is 1. The molecular formula is C15H22N6. The molecule has 1 aliphatic heterocycles. The molecule has 0 radical (unpaired) electrons. The molecule has 112 valence electrons. The van der Waals surface area contributed by atoms with Gasteiger partial charge in [-0.1, -0.05) is 0 Å². The SMILES string of the molecule is Cn1cc(CN2CCCC(Cc3ccc(N)nn3)C2)cn1. The average Bonchev–Trinajstić information content (AvgIpc) is 2.87. The number of aromatic nitrogens is 4. The van der Waals surface area contributed by atoms with Crippen molar-refractivity contribution in [1.29, 1.82) is 0 Å². The normalized spacial score (nSPS) is 19.8. The van der Waals surface area contributed by atoms with Crippen molar-refractivity contribution in [2.75, 3.05) is 18.8 Å². The Kier molecular flexibility index (Phi) is 4.15. The lowest BCUT2D eigenvalue weighted by atomic mass is 9.93. The number of nitrogen functional groups attached to an aromatic ring is 1. The first-order valence-electron chi connectivity index (χ1n) is 7.47. The molecule has 0 aromatic carbocycles. The topological polar surface area (TPSA) is 72.9 Å². The van der Waals surface area contributed by atoms with Gasteiger partial charge in [-0.05, 0) is 43.9 Å². The summed E-state index contributed by atoms with van der Waals surface area (Å²) in [6.45, 7) is 3.26. The summed E-state index contributed by atoms with van der Waals surface area (Å²) >= 11 is 0. The van der Waals surface area contributed by atoms with Crippen LogP contribution in [0.15, 0.2) is 24.5 Å². The van der Waals surface area contributed by atoms with E-state index in [4.69, 9.17) is 5.73 Å². The van der Waals surface area contributed by atoms with Gasteiger partial charge in [0.2, 0.25) is 0 Å². The van der Waals surface area contributed by atoms with Crippen LogP contribution >= 0.6 is 0 Å². The van der Waals surface area contributed by atoms with Crippen LogP contribution in [0, 0.1) is 5.92 Å². The Labute approximate surface area is 125 Å². The van der Waals surface area contributed by atoms with Crippen LogP contribution < -0.4 is 5.73 Å². The third kappa shape index (κ3) is 3.78. The number of nitrogens with two attached hydrogens (primary N) is 1. The lowest BCUT2D eigenvalue weighted by molar-refractivity contribution is 0.166. The van der Waals surface area contributed by atoms with E-state index < -0.39 is 0 Å². The van der Waals surface area contributed by atoms with Gasteiger partial charge in [-0.15, -0.1) is 5.10 Å². The highest BCUT2D eigenvalue weighted by Crippen LogP contribution is 2.21. The first-order valence-corrected chi connectivity index (χ1v) is 7.47. The lowest BCUT2D eigenvalue weighted by Crippen LogP contribution is -2.35. The molecule has 2 aromatic heterocycles. The van der Waals surface area contributed by atoms with Crippen molar-refractivity contribution in [1.82, 2.24) is 24.9 Å². The summed E-state index contributed by atoms with van der Waals surface area (Å²) in [7, 11) is 1.96. The minimum Gasteiger partial charge on any atom is -0.382 e. The monoisotopic (exact) mass is 286 g/mol. The lowest BCUT2D eigenvalue weighted by Gasteiger charge is -2.32. The highest BCUT2D eigenvalue weighted by atomic mass is 15.2. The highest BCUT2D eigenvalue weighted by Gasteiger charge is 2.21. The molecule has 21 heavy (non-hydrogen) atoms. The zero-order valence-electron chi connectivity index (χ0n) is 12.4. The van der Waals surface area contributed by atoms with Gasteiger partial charge < -0.3 is 5.73 Å². The first kappa shape index (κ1) is 14.0. The van der Waals surface area contributed by atoms with Crippen LogP contribution in [0.5, 0.6) is 0 Å². The molecule has 0 amide bonds. The molecule has 2 aromatic rings. The average molecular weight is 286 g/mol. The Morgan fingerprint density at radius 1 is 1.33 bits per heavy atom. The van der Waals surface area contributed by atoms with E-state index in [1.807, 2.05) is 30.1 Å². The maximum absolute atomic E-state index is 5.58. The van der Waals surface area contributed by atoms with Gasteiger partial charge in [0.05, 0.1) is 11.9 Å². The number of hydrogen-bond donors (Lipinski definition) is 1. The summed E-state index contributed by atoms with van der Waals surface area (Å²) in [4.78, 5) is 2.51. The molecule has 1 atom stereocenters. The standard InChI is InChI=1S/C15H22N6/c1-20-9-13(8-17-20)11-21-6-2-3-12(10-21)7-14-4-5-15(16)19-18-14/h4-5,8-9,12H,2-3,6-7,10-11H2,1H3,(H2,16,19). The first-order chi connectivity index (χ1) is 10.2. The van der Waals surface area contributed by atoms with Gasteiger partial charge in [-0.3, -0.25) is 9.58 Å². The van der Waals surface area contributed by atoms with E-state index in [2.05, 4.69) is 26.4 Å². The van der Waals surface area contributed by atoms with Crippen LogP contribution in [0.2, 0.25) is 0 Å². The quantitative estimate of drug-likeness (QED) is 0.915. The summed E-state index contributed by atoms with van der Waals surface area (Å²) in [5, 5.41) is 12.4. The van der Waals surface area contributed by atoms with Gasteiger partial charge in [0, 0.05) is 31.9 Å². The Morgan fingerprint density at radius 2 is 2.24 bits per heavy atom. The van der Waals surface area contributed by atoms with E-state index >= 15 is 0 Å². The number of nitrogens with zero attached hydrogens (tertiary/aromatic N) is 5. The van der Waals surface area contributed by atoms with E-state index in [1.54, 1.807) is 0 Å². The largest absolute Gasteiger partial charge is 0.382 e. The van der Waals surface area contributed by atoms with Gasteiger partial charge in [0.15, 0.2) is 0 Å². The summed E-state index contributed by atoms with van der Waals surface area (Å²) in [5.74, 6) is 1.13. The predicted molar refractivity (Wildman–Crippen MR) is 81.4 cm³/mol. The maximum atomic E-state index is 5.58. The van der Waals surface area contributed by atoms with E-state index in [9.17, 15) is 0 Å². The van der Waals surface area contributed by atoms with E-state index in [1.165, 1.54) is 24.9 Å². The molecule has 2 N–H and O–H groups in total. The second-order valence-corrected chi connectivity index (χ2v) is 5.92. The molecule has 6 nitrogen and oxygen atoms in total. The smallest absolute Gasteiger partial charge is 0.146 e. The Hall–Kier alpha value is -1.95. The van der Waals surface area contributed by atoms with Crippen molar-refractivity contribution in [2.24, 2.45) is 13.0 Å². The molecule has 6 heteroatoms. The molecule has 0 bridgehead atoms. The molecule has 3 heterocycles. The van der Waals surface area contributed by atoms with Crippen LogP contribution in [0.3, 0.4) is 0 Å². The Balaban J connectivity index is 1.56. The zero-order valence-corrected chi connectivity index (χ0v) is 12.4. The van der Waals surface area contributed by atoms with Crippen LogP contribution in [-0.2, 0) is 20.0 Å². The van der Waals surface area contributed by atoms with Crippen LogP contribution in [0.25, 0.3) is 0 Å². The predicted octanol–water partition coefficient (Wildman–Crippen LogP) is 1.25. The number of anilines is 1. The third-order valence-electron chi connectivity index (χ3n) is 4.01. The number of rotatable bonds is 4. The van der Waals surface area contributed by atoms with Gasteiger partial charge >= 0.3 is 0 Å². The van der Waals surface area contributed by atoms with Gasteiger partial charge in [-0.25, -0.2) is 0 Å². The summed E-state index contributed by atoms with van der Waals surface area (Å²) in [6, 6.07) is 3.82. The highest BCUT2D eigenvalue weighted by molar-refractivity contribution is 5.25. The van der Waals surface area contributed by atoms with Crippen molar-refractivity contribution in [3.63, 3.8) is 0 Å². The fourth-order valence-corrected chi connectivity index (χ4v) is 3.05. The molecule has 1 saturated heterocycles. The van der Waals surface area contributed by atoms with Crippen molar-refractivity contribution in [3.8, 4) is 0 Å². The van der Waals surface area contributed by atoms with E-state index in [-0.39, 0.29) is 0 Å². The molecule has 1 unspecified atom stereocenters. The van der Waals surface area contributed by atoms with E-state index in [0.29, 0.717) is 11.7 Å². The van der Waals surface area contributed by atoms with Crippen LogP contribution in [0.1, 0.15) is 24.1 Å². The summed E-state index contributed by atoms with van der Waals surface area (Å²) in [6.07, 6.45) is 7.53. The molecule has 1 aliphatic rings. The molecule has 1 fully saturated rings. The van der Waals surface area contributed by atoms with Crippen molar-refractivity contribution in [3.05, 3.63) is 35.8 Å². The summed E-state index contributed by atoms with van der Waals surface area (Å²) in [5.41, 5.74) is 7.90. The van der Waals surface area contributed by atoms with Gasteiger partial charge in [-0.2, -0.15) is 10.2 Å². The molecule has 0 spiro atoms. The van der Waals surface area contributed by atoms with Gasteiger partial charge in [0.25, 0.3) is 0 Å². The molecule has 0 aliphatic carbocycles. The van der Waals surface area contributed by atoms with Crippen molar-refractivity contribution >= 4 is 5.82 Å². The molecule has 0 saturated carbocycles. The maximum Gasteiger partial charge on any atom is 0.146 e. The number of aryl methyl sites for hydroxylation is 1. The van der Waals surface area contributed by atoms with Crippen molar-refractivity contribution in [2.45, 2.75) is 25.8 Å². The second kappa shape index (κ2) is 6.22. The van der Waals surface area contributed by atoms with Gasteiger partial charge in [0.1, 0.15) is 5.82 Å². The van der Waals surface area contributed by atoms with Crippen LogP contribution in [0.4, 0.5) is 5.82 Å². The molecule has 3 rings (SSSR count). The zero-order chi connectivity index (χ0) is 14.7. The Bertz CT molecular complexity index is 576. The third-order valence-corrected chi connectivity index (χ3v) is 4.01. The fourth-order valence-electron chi connectivity index (χ4n) is 3.05. The van der Waals surface area contributed by atoms with Crippen molar-refractivity contribution < 1.29 is 0 Å². The number of likely N-dealkylation sites (tertiary alicyclic amines) is 1. The second-order valence-electron chi connectivity index (χ2n) is 5.92.